The molecular formula is C18H15Cl3O5. The molecule has 0 spiro atoms. The van der Waals surface area contributed by atoms with Gasteiger partial charge in [0, 0.05) is 28.6 Å². The summed E-state index contributed by atoms with van der Waals surface area (Å²) in [5, 5.41) is 10.3. The van der Waals surface area contributed by atoms with Crippen LogP contribution in [-0.2, 0) is 20.7 Å². The fraction of sp³-hybridized carbons (Fsp3) is 0.222. The third-order valence-electron chi connectivity index (χ3n) is 3.56. The van der Waals surface area contributed by atoms with Gasteiger partial charge < -0.3 is 14.6 Å². The molecule has 1 N–H and O–H groups in total. The number of carboxylic acids is 1. The molecule has 2 aromatic carbocycles. The molecule has 0 amide bonds. The average molecular weight is 418 g/mol. The van der Waals surface area contributed by atoms with Gasteiger partial charge in [-0.3, -0.25) is 4.79 Å². The third-order valence-corrected chi connectivity index (χ3v) is 4.38. The van der Waals surface area contributed by atoms with Crippen molar-refractivity contribution < 1.29 is 24.2 Å². The number of rotatable bonds is 7. The molecule has 0 radical (unpaired) electrons. The molecule has 0 saturated heterocycles. The number of esters is 1. The average Bonchev–Trinajstić information content (AvgIpc) is 2.57. The lowest BCUT2D eigenvalue weighted by Crippen LogP contribution is -2.27. The summed E-state index contributed by atoms with van der Waals surface area (Å²) in [5.41, 5.74) is 1.45. The number of hydrogen-bond donors (Lipinski definition) is 1. The van der Waals surface area contributed by atoms with Crippen molar-refractivity contribution in [3.8, 4) is 5.75 Å². The minimum absolute atomic E-state index is 0.230. The zero-order valence-corrected chi connectivity index (χ0v) is 15.9. The van der Waals surface area contributed by atoms with Crippen molar-refractivity contribution >= 4 is 46.7 Å². The van der Waals surface area contributed by atoms with Crippen molar-refractivity contribution in [3.05, 3.63) is 62.6 Å². The molecule has 0 saturated carbocycles. The summed E-state index contributed by atoms with van der Waals surface area (Å²) in [6, 6.07) is 9.96. The minimum Gasteiger partial charge on any atom is -0.479 e. The van der Waals surface area contributed by atoms with E-state index in [9.17, 15) is 9.59 Å². The Morgan fingerprint density at radius 3 is 2.23 bits per heavy atom. The van der Waals surface area contributed by atoms with Gasteiger partial charge in [0.15, 0.2) is 6.10 Å². The van der Waals surface area contributed by atoms with Crippen LogP contribution in [0.5, 0.6) is 5.75 Å². The van der Waals surface area contributed by atoms with Crippen LogP contribution in [0.4, 0.5) is 0 Å². The number of carboxylic acid groups (broad SMARTS) is 1. The fourth-order valence-corrected chi connectivity index (χ4v) is 2.86. The van der Waals surface area contributed by atoms with Gasteiger partial charge in [0.05, 0.1) is 6.42 Å². The van der Waals surface area contributed by atoms with Crippen molar-refractivity contribution in [3.63, 3.8) is 0 Å². The Kier molecular flexibility index (Phi) is 7.29. The second-order valence-corrected chi connectivity index (χ2v) is 6.69. The second kappa shape index (κ2) is 9.24. The van der Waals surface area contributed by atoms with E-state index in [1.165, 1.54) is 13.2 Å². The van der Waals surface area contributed by atoms with Gasteiger partial charge in [0.1, 0.15) is 5.75 Å². The lowest BCUT2D eigenvalue weighted by molar-refractivity contribution is -0.154. The number of halogens is 3. The summed E-state index contributed by atoms with van der Waals surface area (Å²) in [5.74, 6) is -1.76. The van der Waals surface area contributed by atoms with E-state index in [0.29, 0.717) is 27.1 Å². The molecule has 2 aromatic rings. The summed E-state index contributed by atoms with van der Waals surface area (Å²) in [7, 11) is 1.21. The third kappa shape index (κ3) is 5.61. The first-order valence-corrected chi connectivity index (χ1v) is 8.62. The fourth-order valence-electron chi connectivity index (χ4n) is 2.23. The number of carbonyl (C=O) groups is 2. The molecule has 0 aliphatic rings. The number of carbonyl (C=O) groups excluding carboxylic acids is 1. The molecule has 26 heavy (non-hydrogen) atoms. The predicted octanol–water partition coefficient (Wildman–Crippen LogP) is 4.63. The maximum absolute atomic E-state index is 12.1. The number of aliphatic carboxylic acids is 1. The number of methoxy groups -OCH3 is 1. The molecule has 138 valence electrons. The van der Waals surface area contributed by atoms with Crippen LogP contribution < -0.4 is 4.74 Å². The van der Waals surface area contributed by atoms with Gasteiger partial charge in [-0.1, -0.05) is 46.9 Å². The van der Waals surface area contributed by atoms with Gasteiger partial charge >= 0.3 is 11.9 Å². The van der Waals surface area contributed by atoms with Crippen LogP contribution in [0.2, 0.25) is 15.1 Å². The molecular weight excluding hydrogens is 403 g/mol. The van der Waals surface area contributed by atoms with E-state index in [1.807, 2.05) is 0 Å². The van der Waals surface area contributed by atoms with Crippen molar-refractivity contribution in [2.75, 3.05) is 7.11 Å². The van der Waals surface area contributed by atoms with E-state index in [2.05, 4.69) is 0 Å². The van der Waals surface area contributed by atoms with Gasteiger partial charge in [-0.2, -0.15) is 0 Å². The van der Waals surface area contributed by atoms with Crippen molar-refractivity contribution in [1.29, 1.82) is 0 Å². The Bertz CT molecular complexity index is 822. The molecule has 5 nitrogen and oxygen atoms in total. The van der Waals surface area contributed by atoms with E-state index < -0.39 is 24.5 Å². The minimum atomic E-state index is -1.28. The summed E-state index contributed by atoms with van der Waals surface area (Å²) < 4.78 is 10.0. The van der Waals surface area contributed by atoms with Crippen molar-refractivity contribution in [2.45, 2.75) is 18.9 Å². The zero-order chi connectivity index (χ0) is 19.3. The van der Waals surface area contributed by atoms with Crippen molar-refractivity contribution in [1.82, 2.24) is 0 Å². The number of ether oxygens (including phenoxy) is 2. The summed E-state index contributed by atoms with van der Waals surface area (Å²) >= 11 is 18.1. The number of hydrogen-bond acceptors (Lipinski definition) is 4. The van der Waals surface area contributed by atoms with Crippen molar-refractivity contribution in [2.24, 2.45) is 0 Å². The highest BCUT2D eigenvalue weighted by Crippen LogP contribution is 2.29. The monoisotopic (exact) mass is 416 g/mol. The highest BCUT2D eigenvalue weighted by molar-refractivity contribution is 6.35. The normalized spacial score (nSPS) is 11.8. The lowest BCUT2D eigenvalue weighted by atomic mass is 10.0. The van der Waals surface area contributed by atoms with Crippen LogP contribution >= 0.6 is 34.8 Å². The topological polar surface area (TPSA) is 72.8 Å². The molecule has 0 aliphatic heterocycles. The van der Waals surface area contributed by atoms with Crippen LogP contribution in [0.25, 0.3) is 0 Å². The molecule has 0 aromatic heterocycles. The summed E-state index contributed by atoms with van der Waals surface area (Å²) in [4.78, 5) is 23.0. The molecule has 0 bridgehead atoms. The van der Waals surface area contributed by atoms with Gasteiger partial charge in [-0.05, 0) is 35.4 Å². The van der Waals surface area contributed by atoms with E-state index in [1.54, 1.807) is 30.3 Å². The van der Waals surface area contributed by atoms with E-state index in [4.69, 9.17) is 49.4 Å². The van der Waals surface area contributed by atoms with E-state index >= 15 is 0 Å². The molecule has 1 atom stereocenters. The highest BCUT2D eigenvalue weighted by Gasteiger charge is 2.22. The predicted molar refractivity (Wildman–Crippen MR) is 99.4 cm³/mol. The molecule has 0 fully saturated rings. The highest BCUT2D eigenvalue weighted by atomic mass is 35.5. The lowest BCUT2D eigenvalue weighted by Gasteiger charge is -2.13. The zero-order valence-electron chi connectivity index (χ0n) is 13.7. The largest absolute Gasteiger partial charge is 0.479 e. The Morgan fingerprint density at radius 2 is 1.65 bits per heavy atom. The van der Waals surface area contributed by atoms with Gasteiger partial charge in [0.25, 0.3) is 0 Å². The SMILES string of the molecule is CO[C@@H](CC(=O)Oc1cc(Cl)ccc1Cc1ccc(Cl)cc1Cl)C(=O)O. The van der Waals surface area contributed by atoms with Crippen LogP contribution in [-0.4, -0.2) is 30.3 Å². The molecule has 0 heterocycles. The van der Waals surface area contributed by atoms with Gasteiger partial charge in [-0.25, -0.2) is 4.79 Å². The Morgan fingerprint density at radius 1 is 1.04 bits per heavy atom. The second-order valence-electron chi connectivity index (χ2n) is 5.41. The maximum Gasteiger partial charge on any atom is 0.333 e. The Labute approximate surface area is 165 Å². The quantitative estimate of drug-likeness (QED) is 0.525. The molecule has 0 unspecified atom stereocenters. The van der Waals surface area contributed by atoms with E-state index in [-0.39, 0.29) is 5.75 Å². The van der Waals surface area contributed by atoms with Gasteiger partial charge in [0.2, 0.25) is 0 Å². The molecule has 2 rings (SSSR count). The standard InChI is InChI=1S/C18H15Cl3O5/c1-25-16(18(23)24)9-17(22)26-15-8-13(20)5-3-11(15)6-10-2-4-12(19)7-14(10)21/h2-5,7-8,16H,6,9H2,1H3,(H,23,24)/t16-/m0/s1. The van der Waals surface area contributed by atoms with E-state index in [0.717, 1.165) is 5.56 Å². The summed E-state index contributed by atoms with van der Waals surface area (Å²) in [6.07, 6.45) is -1.34. The first-order valence-electron chi connectivity index (χ1n) is 7.48. The van der Waals surface area contributed by atoms with Crippen LogP contribution in [0, 0.1) is 0 Å². The van der Waals surface area contributed by atoms with Gasteiger partial charge in [-0.15, -0.1) is 0 Å². The Hall–Kier alpha value is -1.79. The summed E-state index contributed by atoms with van der Waals surface area (Å²) in [6.45, 7) is 0. The van der Waals surface area contributed by atoms with Crippen LogP contribution in [0.1, 0.15) is 17.5 Å². The first-order chi connectivity index (χ1) is 12.3. The maximum atomic E-state index is 12.1. The molecule has 0 aliphatic carbocycles. The van der Waals surface area contributed by atoms with Crippen LogP contribution in [0.3, 0.4) is 0 Å². The van der Waals surface area contributed by atoms with Crippen LogP contribution in [0.15, 0.2) is 36.4 Å². The first kappa shape index (κ1) is 20.5. The molecule has 8 heteroatoms. The Balaban J connectivity index is 2.21. The smallest absolute Gasteiger partial charge is 0.333 e. The number of benzene rings is 2.